The number of halogens is 3. The third kappa shape index (κ3) is 4.27. The topological polar surface area (TPSA) is 70.7 Å². The standard InChI is InChI=1S/C20H13F3N4O/c21-20(22,23)17-8-4-5-9-18(17)26-19(28)15(11-24)10-14-12-25-27(13-14)16-6-2-1-3-7-16/h1-10,12-13H,(H,26,28)/b15-10+. The van der Waals surface area contributed by atoms with E-state index in [0.29, 0.717) is 5.56 Å². The summed E-state index contributed by atoms with van der Waals surface area (Å²) in [6, 6.07) is 15.4. The van der Waals surface area contributed by atoms with Crippen LogP contribution in [0.4, 0.5) is 18.9 Å². The smallest absolute Gasteiger partial charge is 0.321 e. The highest BCUT2D eigenvalue weighted by Crippen LogP contribution is 2.34. The fraction of sp³-hybridized carbons (Fsp3) is 0.0500. The van der Waals surface area contributed by atoms with E-state index >= 15 is 0 Å². The van der Waals surface area contributed by atoms with E-state index in [-0.39, 0.29) is 5.57 Å². The number of para-hydroxylation sites is 2. The van der Waals surface area contributed by atoms with Crippen LogP contribution in [0.5, 0.6) is 0 Å². The van der Waals surface area contributed by atoms with Crippen molar-refractivity contribution >= 4 is 17.7 Å². The van der Waals surface area contributed by atoms with Crippen LogP contribution in [0.1, 0.15) is 11.1 Å². The number of rotatable bonds is 4. The van der Waals surface area contributed by atoms with Crippen LogP contribution in [0, 0.1) is 11.3 Å². The van der Waals surface area contributed by atoms with Crippen molar-refractivity contribution in [2.45, 2.75) is 6.18 Å². The average Bonchev–Trinajstić information content (AvgIpc) is 3.15. The molecule has 3 aromatic rings. The van der Waals surface area contributed by atoms with Gasteiger partial charge in [0.1, 0.15) is 11.6 Å². The first-order valence-electron chi connectivity index (χ1n) is 8.08. The number of carbonyl (C=O) groups excluding carboxylic acids is 1. The number of hydrogen-bond acceptors (Lipinski definition) is 3. The van der Waals surface area contributed by atoms with Crippen LogP contribution < -0.4 is 5.32 Å². The van der Waals surface area contributed by atoms with Crippen molar-refractivity contribution in [2.24, 2.45) is 0 Å². The Labute approximate surface area is 158 Å². The summed E-state index contributed by atoms with van der Waals surface area (Å²) >= 11 is 0. The van der Waals surface area contributed by atoms with Crippen molar-refractivity contribution in [1.82, 2.24) is 9.78 Å². The van der Waals surface area contributed by atoms with Gasteiger partial charge in [-0.05, 0) is 30.3 Å². The molecule has 0 saturated heterocycles. The van der Waals surface area contributed by atoms with E-state index in [4.69, 9.17) is 0 Å². The molecule has 8 heteroatoms. The Balaban J connectivity index is 1.84. The van der Waals surface area contributed by atoms with Gasteiger partial charge < -0.3 is 5.32 Å². The lowest BCUT2D eigenvalue weighted by Crippen LogP contribution is -2.17. The molecule has 0 aliphatic carbocycles. The van der Waals surface area contributed by atoms with Gasteiger partial charge >= 0.3 is 6.18 Å². The Bertz CT molecular complexity index is 1060. The number of benzene rings is 2. The van der Waals surface area contributed by atoms with Crippen LogP contribution in [-0.2, 0) is 11.0 Å². The van der Waals surface area contributed by atoms with Gasteiger partial charge in [-0.25, -0.2) is 4.68 Å². The summed E-state index contributed by atoms with van der Waals surface area (Å²) in [4.78, 5) is 12.3. The third-order valence-corrected chi connectivity index (χ3v) is 3.78. The van der Waals surface area contributed by atoms with Gasteiger partial charge in [0, 0.05) is 11.8 Å². The third-order valence-electron chi connectivity index (χ3n) is 3.78. The number of nitrogens with one attached hydrogen (secondary N) is 1. The van der Waals surface area contributed by atoms with Crippen molar-refractivity contribution in [3.63, 3.8) is 0 Å². The SMILES string of the molecule is N#C/C(=C\c1cnn(-c2ccccc2)c1)C(=O)Nc1ccccc1C(F)(F)F. The largest absolute Gasteiger partial charge is 0.418 e. The van der Waals surface area contributed by atoms with Gasteiger partial charge in [0.15, 0.2) is 0 Å². The van der Waals surface area contributed by atoms with Gasteiger partial charge in [0.05, 0.1) is 23.1 Å². The van der Waals surface area contributed by atoms with E-state index in [0.717, 1.165) is 17.8 Å². The van der Waals surface area contributed by atoms with E-state index in [2.05, 4.69) is 10.4 Å². The summed E-state index contributed by atoms with van der Waals surface area (Å²) in [7, 11) is 0. The predicted molar refractivity (Wildman–Crippen MR) is 97.2 cm³/mol. The molecule has 0 fully saturated rings. The molecule has 2 aromatic carbocycles. The molecule has 0 saturated carbocycles. The van der Waals surface area contributed by atoms with Crippen LogP contribution in [0.3, 0.4) is 0 Å². The second-order valence-corrected chi connectivity index (χ2v) is 5.72. The lowest BCUT2D eigenvalue weighted by molar-refractivity contribution is -0.137. The molecule has 3 rings (SSSR count). The number of aromatic nitrogens is 2. The zero-order valence-corrected chi connectivity index (χ0v) is 14.3. The molecule has 0 atom stereocenters. The average molecular weight is 382 g/mol. The van der Waals surface area contributed by atoms with Gasteiger partial charge in [-0.15, -0.1) is 0 Å². The minimum absolute atomic E-state index is 0.343. The zero-order valence-electron chi connectivity index (χ0n) is 14.3. The first-order chi connectivity index (χ1) is 13.4. The minimum atomic E-state index is -4.63. The number of alkyl halides is 3. The van der Waals surface area contributed by atoms with Crippen LogP contribution in [0.2, 0.25) is 0 Å². The number of anilines is 1. The maximum Gasteiger partial charge on any atom is 0.418 e. The number of carbonyl (C=O) groups is 1. The molecule has 1 amide bonds. The van der Waals surface area contributed by atoms with Gasteiger partial charge in [0.2, 0.25) is 0 Å². The molecule has 140 valence electrons. The van der Waals surface area contributed by atoms with Gasteiger partial charge in [-0.3, -0.25) is 4.79 Å². The van der Waals surface area contributed by atoms with Crippen LogP contribution in [-0.4, -0.2) is 15.7 Å². The number of hydrogen-bond donors (Lipinski definition) is 1. The number of nitrogens with zero attached hydrogens (tertiary/aromatic N) is 3. The van der Waals surface area contributed by atoms with E-state index < -0.39 is 23.3 Å². The van der Waals surface area contributed by atoms with Crippen LogP contribution in [0.25, 0.3) is 11.8 Å². The molecule has 0 bridgehead atoms. The number of amides is 1. The summed E-state index contributed by atoms with van der Waals surface area (Å²) in [5.74, 6) is -0.938. The molecule has 0 aliphatic heterocycles. The van der Waals surface area contributed by atoms with Crippen LogP contribution in [0.15, 0.2) is 72.6 Å². The van der Waals surface area contributed by atoms with Crippen molar-refractivity contribution in [3.8, 4) is 11.8 Å². The molecular formula is C20H13F3N4O. The monoisotopic (exact) mass is 382 g/mol. The summed E-state index contributed by atoms with van der Waals surface area (Å²) in [6.45, 7) is 0. The highest BCUT2D eigenvalue weighted by atomic mass is 19.4. The zero-order chi connectivity index (χ0) is 20.1. The molecule has 0 radical (unpaired) electrons. The summed E-state index contributed by atoms with van der Waals surface area (Å²) in [5, 5.41) is 15.6. The molecule has 1 N–H and O–H groups in total. The molecule has 1 aromatic heterocycles. The quantitative estimate of drug-likeness (QED) is 0.536. The minimum Gasteiger partial charge on any atom is -0.321 e. The molecular weight excluding hydrogens is 369 g/mol. The highest BCUT2D eigenvalue weighted by molar-refractivity contribution is 6.10. The lowest BCUT2D eigenvalue weighted by Gasteiger charge is -2.13. The van der Waals surface area contributed by atoms with E-state index in [9.17, 15) is 23.2 Å². The van der Waals surface area contributed by atoms with E-state index in [1.165, 1.54) is 24.4 Å². The maximum atomic E-state index is 13.1. The van der Waals surface area contributed by atoms with Gasteiger partial charge in [0.25, 0.3) is 5.91 Å². The highest BCUT2D eigenvalue weighted by Gasteiger charge is 2.33. The molecule has 0 spiro atoms. The second-order valence-electron chi connectivity index (χ2n) is 5.72. The number of nitriles is 1. The Kier molecular flexibility index (Phi) is 5.27. The van der Waals surface area contributed by atoms with Gasteiger partial charge in [-0.2, -0.15) is 23.5 Å². The Morgan fingerprint density at radius 1 is 1.11 bits per heavy atom. The first-order valence-corrected chi connectivity index (χ1v) is 8.08. The van der Waals surface area contributed by atoms with Crippen molar-refractivity contribution < 1.29 is 18.0 Å². The predicted octanol–water partition coefficient (Wildman–Crippen LogP) is 4.44. The molecule has 28 heavy (non-hydrogen) atoms. The normalized spacial score (nSPS) is 11.7. The molecule has 0 aliphatic rings. The summed E-state index contributed by atoms with van der Waals surface area (Å²) in [6.07, 6.45) is -0.319. The first kappa shape index (κ1) is 18.9. The fourth-order valence-electron chi connectivity index (χ4n) is 2.48. The molecule has 1 heterocycles. The Morgan fingerprint density at radius 2 is 1.79 bits per heavy atom. The summed E-state index contributed by atoms with van der Waals surface area (Å²) in [5.41, 5.74) is -0.507. The summed E-state index contributed by atoms with van der Waals surface area (Å²) < 4.78 is 40.7. The van der Waals surface area contributed by atoms with Crippen molar-refractivity contribution in [1.29, 1.82) is 5.26 Å². The van der Waals surface area contributed by atoms with Crippen molar-refractivity contribution in [3.05, 3.63) is 83.7 Å². The van der Waals surface area contributed by atoms with Gasteiger partial charge in [-0.1, -0.05) is 30.3 Å². The van der Waals surface area contributed by atoms with Crippen molar-refractivity contribution in [2.75, 3.05) is 5.32 Å². The Morgan fingerprint density at radius 3 is 2.46 bits per heavy atom. The second kappa shape index (κ2) is 7.80. The molecule has 5 nitrogen and oxygen atoms in total. The lowest BCUT2D eigenvalue weighted by atomic mass is 10.1. The molecule has 0 unspecified atom stereocenters. The van der Waals surface area contributed by atoms with Crippen LogP contribution >= 0.6 is 0 Å². The maximum absolute atomic E-state index is 13.1. The fourth-order valence-corrected chi connectivity index (χ4v) is 2.48. The van der Waals surface area contributed by atoms with E-state index in [1.807, 2.05) is 30.3 Å². The Hall–Kier alpha value is -3.86. The van der Waals surface area contributed by atoms with E-state index in [1.54, 1.807) is 16.9 Å².